The number of halogens is 8. The number of nitrogens with one attached hydrogen (secondary N) is 1. The number of hydrogen-bond acceptors (Lipinski definition) is 4. The van der Waals surface area contributed by atoms with Crippen LogP contribution in [-0.2, 0) is 10.0 Å². The summed E-state index contributed by atoms with van der Waals surface area (Å²) in [6.07, 6.45) is 0. The fourth-order valence-corrected chi connectivity index (χ4v) is 3.37. The maximum Gasteiger partial charge on any atom is 0.516 e. The molecule has 0 aliphatic carbocycles. The van der Waals surface area contributed by atoms with Crippen molar-refractivity contribution < 1.29 is 40.0 Å². The van der Waals surface area contributed by atoms with E-state index in [0.29, 0.717) is 4.47 Å². The van der Waals surface area contributed by atoms with Gasteiger partial charge in [-0.2, -0.15) is 21.6 Å². The van der Waals surface area contributed by atoms with Crippen LogP contribution >= 0.6 is 43.5 Å². The lowest BCUT2D eigenvalue weighted by molar-refractivity contribution is -0.0446. The third-order valence-corrected chi connectivity index (χ3v) is 5.43. The SMILES string of the molecule is O=C(Cl)c1ccc(F)cc1Br.O=C(NS(=O)(=O)C(F)(F)F)c1ccc(F)cc1Br. The van der Waals surface area contributed by atoms with Gasteiger partial charge in [0, 0.05) is 14.5 Å². The van der Waals surface area contributed by atoms with Crippen molar-refractivity contribution in [3.8, 4) is 0 Å². The second-order valence-electron chi connectivity index (χ2n) is 4.90. The quantitative estimate of drug-likeness (QED) is 0.399. The van der Waals surface area contributed by atoms with Gasteiger partial charge in [-0.15, -0.1) is 0 Å². The van der Waals surface area contributed by atoms with Gasteiger partial charge in [0.1, 0.15) is 11.6 Å². The van der Waals surface area contributed by atoms with Gasteiger partial charge < -0.3 is 0 Å². The fraction of sp³-hybridized carbons (Fsp3) is 0.0667. The topological polar surface area (TPSA) is 80.3 Å². The molecule has 0 radical (unpaired) electrons. The van der Waals surface area contributed by atoms with Crippen LogP contribution in [-0.4, -0.2) is 25.1 Å². The van der Waals surface area contributed by atoms with Gasteiger partial charge in [-0.1, -0.05) is 0 Å². The highest BCUT2D eigenvalue weighted by Gasteiger charge is 2.47. The Morgan fingerprint density at radius 3 is 1.66 bits per heavy atom. The Morgan fingerprint density at radius 2 is 1.31 bits per heavy atom. The monoisotopic (exact) mass is 585 g/mol. The van der Waals surface area contributed by atoms with Crippen LogP contribution < -0.4 is 4.72 Å². The van der Waals surface area contributed by atoms with Crippen molar-refractivity contribution in [2.45, 2.75) is 5.51 Å². The number of hydrogen-bond donors (Lipinski definition) is 1. The predicted octanol–water partition coefficient (Wildman–Crippen LogP) is 5.13. The molecule has 1 amide bonds. The molecular weight excluding hydrogens is 580 g/mol. The zero-order chi connectivity index (χ0) is 22.6. The molecule has 5 nitrogen and oxygen atoms in total. The largest absolute Gasteiger partial charge is 0.516 e. The molecule has 0 unspecified atom stereocenters. The van der Waals surface area contributed by atoms with E-state index in [4.69, 9.17) is 11.6 Å². The van der Waals surface area contributed by atoms with Crippen molar-refractivity contribution in [3.05, 3.63) is 68.1 Å². The summed E-state index contributed by atoms with van der Waals surface area (Å²) in [5.41, 5.74) is -5.77. The molecule has 0 saturated carbocycles. The van der Waals surface area contributed by atoms with Crippen molar-refractivity contribution in [1.82, 2.24) is 4.72 Å². The lowest BCUT2D eigenvalue weighted by atomic mass is 10.2. The van der Waals surface area contributed by atoms with Gasteiger partial charge in [-0.3, -0.25) is 9.59 Å². The minimum Gasteiger partial charge on any atom is -0.276 e. The van der Waals surface area contributed by atoms with Gasteiger partial charge in [0.15, 0.2) is 0 Å². The number of carbonyl (C=O) groups is 2. The zero-order valence-electron chi connectivity index (χ0n) is 13.5. The minimum absolute atomic E-state index is 0.169. The molecule has 14 heteroatoms. The predicted molar refractivity (Wildman–Crippen MR) is 101 cm³/mol. The van der Waals surface area contributed by atoms with Crippen molar-refractivity contribution >= 4 is 64.6 Å². The van der Waals surface area contributed by atoms with E-state index in [1.54, 1.807) is 0 Å². The zero-order valence-corrected chi connectivity index (χ0v) is 18.3. The van der Waals surface area contributed by atoms with Gasteiger partial charge in [0.2, 0.25) is 0 Å². The Morgan fingerprint density at radius 1 is 0.897 bits per heavy atom. The maximum absolute atomic E-state index is 12.7. The molecule has 0 aliphatic rings. The highest BCUT2D eigenvalue weighted by Crippen LogP contribution is 2.23. The average Bonchev–Trinajstić information content (AvgIpc) is 2.53. The Labute approximate surface area is 182 Å². The standard InChI is InChI=1S/C8H4BrF4NO3S.C7H3BrClFO/c9-6-3-4(10)1-2-5(6)7(15)14-18(16,17)8(11,12)13;8-6-3-4(10)1-2-5(6)7(9)11/h1-3H,(H,14,15);1-3H. The molecule has 0 aliphatic heterocycles. The first-order valence-electron chi connectivity index (χ1n) is 6.89. The van der Waals surface area contributed by atoms with Crippen LogP contribution in [0.2, 0.25) is 0 Å². The van der Waals surface area contributed by atoms with E-state index in [1.807, 2.05) is 0 Å². The number of carbonyl (C=O) groups excluding carboxylic acids is 2. The van der Waals surface area contributed by atoms with E-state index in [-0.39, 0.29) is 10.0 Å². The second-order valence-corrected chi connectivity index (χ2v) is 8.63. The van der Waals surface area contributed by atoms with Crippen LogP contribution in [0.15, 0.2) is 45.3 Å². The van der Waals surface area contributed by atoms with Crippen LogP contribution in [0.1, 0.15) is 20.7 Å². The van der Waals surface area contributed by atoms with E-state index < -0.39 is 43.9 Å². The van der Waals surface area contributed by atoms with Crippen molar-refractivity contribution in [3.63, 3.8) is 0 Å². The molecule has 1 N–H and O–H groups in total. The van der Waals surface area contributed by atoms with E-state index in [2.05, 4.69) is 31.9 Å². The van der Waals surface area contributed by atoms with Crippen molar-refractivity contribution in [2.75, 3.05) is 0 Å². The van der Waals surface area contributed by atoms with Crippen LogP contribution in [0.5, 0.6) is 0 Å². The lowest BCUT2D eigenvalue weighted by Crippen LogP contribution is -2.40. The molecule has 0 bridgehead atoms. The molecule has 0 saturated heterocycles. The smallest absolute Gasteiger partial charge is 0.276 e. The molecule has 2 aromatic carbocycles. The summed E-state index contributed by atoms with van der Waals surface area (Å²) in [7, 11) is -5.79. The van der Waals surface area contributed by atoms with E-state index in [0.717, 1.165) is 22.9 Å². The Balaban J connectivity index is 0.000000326. The highest BCUT2D eigenvalue weighted by molar-refractivity contribution is 9.10. The summed E-state index contributed by atoms with van der Waals surface area (Å²) in [5, 5.41) is -0.600. The van der Waals surface area contributed by atoms with Gasteiger partial charge >= 0.3 is 15.5 Å². The molecule has 2 aromatic rings. The fourth-order valence-electron chi connectivity index (χ4n) is 1.56. The molecule has 0 heterocycles. The maximum atomic E-state index is 12.7. The Kier molecular flexibility index (Phi) is 8.74. The normalized spacial score (nSPS) is 11.3. The van der Waals surface area contributed by atoms with E-state index >= 15 is 0 Å². The minimum atomic E-state index is -5.79. The Bertz CT molecular complexity index is 1050. The summed E-state index contributed by atoms with van der Waals surface area (Å²) in [6, 6.07) is 6.17. The summed E-state index contributed by atoms with van der Waals surface area (Å²) in [6.45, 7) is 0. The number of sulfonamides is 1. The van der Waals surface area contributed by atoms with Crippen molar-refractivity contribution in [2.24, 2.45) is 0 Å². The van der Waals surface area contributed by atoms with E-state index in [1.165, 1.54) is 18.2 Å². The number of amides is 1. The molecule has 29 heavy (non-hydrogen) atoms. The first-order chi connectivity index (χ1) is 13.2. The molecule has 0 spiro atoms. The van der Waals surface area contributed by atoms with Gasteiger partial charge in [-0.25, -0.2) is 13.5 Å². The molecule has 2 rings (SSSR count). The van der Waals surface area contributed by atoms with Crippen LogP contribution in [0.3, 0.4) is 0 Å². The molecular formula is C15H7Br2ClF5NO4S. The van der Waals surface area contributed by atoms with Crippen LogP contribution in [0.4, 0.5) is 22.0 Å². The second kappa shape index (κ2) is 9.96. The summed E-state index contributed by atoms with van der Waals surface area (Å²) in [4.78, 5) is 21.9. The van der Waals surface area contributed by atoms with Crippen molar-refractivity contribution in [1.29, 1.82) is 0 Å². The van der Waals surface area contributed by atoms with Crippen LogP contribution in [0, 0.1) is 11.6 Å². The molecule has 0 fully saturated rings. The lowest BCUT2D eigenvalue weighted by Gasteiger charge is -2.10. The summed E-state index contributed by atoms with van der Waals surface area (Å²) in [5.74, 6) is -2.66. The summed E-state index contributed by atoms with van der Waals surface area (Å²) < 4.78 is 83.5. The summed E-state index contributed by atoms with van der Waals surface area (Å²) >= 11 is 10.9. The van der Waals surface area contributed by atoms with Gasteiger partial charge in [0.25, 0.3) is 11.1 Å². The highest BCUT2D eigenvalue weighted by atomic mass is 79.9. The average molecular weight is 588 g/mol. The first kappa shape index (κ1) is 25.5. The van der Waals surface area contributed by atoms with Crippen LogP contribution in [0.25, 0.3) is 0 Å². The Hall–Kier alpha value is -1.57. The molecule has 0 aromatic heterocycles. The third kappa shape index (κ3) is 7.32. The molecule has 158 valence electrons. The first-order valence-corrected chi connectivity index (χ1v) is 10.3. The number of alkyl halides is 3. The van der Waals surface area contributed by atoms with Gasteiger partial charge in [0.05, 0.1) is 5.56 Å². The third-order valence-electron chi connectivity index (χ3n) is 2.85. The van der Waals surface area contributed by atoms with E-state index in [9.17, 15) is 40.0 Å². The van der Waals surface area contributed by atoms with Gasteiger partial charge in [-0.05, 0) is 79.9 Å². The number of rotatable bonds is 3. The number of benzene rings is 2. The molecule has 0 atom stereocenters.